The average molecular weight is 398 g/mol. The van der Waals surface area contributed by atoms with E-state index in [1.165, 1.54) is 0 Å². The molecule has 126 valence electrons. The lowest BCUT2D eigenvalue weighted by atomic mass is 10.1. The summed E-state index contributed by atoms with van der Waals surface area (Å²) >= 11 is 3.28. The van der Waals surface area contributed by atoms with Crippen molar-refractivity contribution in [1.82, 2.24) is 5.32 Å². The summed E-state index contributed by atoms with van der Waals surface area (Å²) in [6.45, 7) is 0. The second kappa shape index (κ2) is 8.01. The van der Waals surface area contributed by atoms with E-state index in [9.17, 15) is 23.5 Å². The van der Waals surface area contributed by atoms with E-state index >= 15 is 0 Å². The van der Waals surface area contributed by atoms with Gasteiger partial charge in [-0.15, -0.1) is 0 Å². The number of amides is 1. The predicted octanol–water partition coefficient (Wildman–Crippen LogP) is 3.08. The monoisotopic (exact) mass is 397 g/mol. The number of halogens is 3. The van der Waals surface area contributed by atoms with Gasteiger partial charge in [-0.3, -0.25) is 4.79 Å². The van der Waals surface area contributed by atoms with E-state index in [1.54, 1.807) is 24.3 Å². The molecule has 1 amide bonds. The number of rotatable bonds is 6. The molecule has 0 aromatic heterocycles. The molecule has 0 saturated heterocycles. The van der Waals surface area contributed by atoms with Gasteiger partial charge in [0.2, 0.25) is 5.91 Å². The molecule has 0 aliphatic rings. The van der Waals surface area contributed by atoms with Crippen molar-refractivity contribution >= 4 is 27.8 Å². The molecule has 24 heavy (non-hydrogen) atoms. The van der Waals surface area contributed by atoms with Crippen LogP contribution < -0.4 is 5.32 Å². The van der Waals surface area contributed by atoms with Gasteiger partial charge < -0.3 is 10.4 Å². The van der Waals surface area contributed by atoms with Crippen LogP contribution in [0.3, 0.4) is 0 Å². The van der Waals surface area contributed by atoms with Crippen LogP contribution in [0.2, 0.25) is 0 Å². The standard InChI is InChI=1S/C17H14BrF2NO3/c18-12-3-1-10(2-4-12)7-15(17(23)24)21-16(22)8-11-5-13(19)9-14(20)6-11/h1-6,9,15H,7-8H2,(H,21,22)(H,23,24)/t15-/m0/s1. The molecule has 0 aliphatic carbocycles. The zero-order valence-corrected chi connectivity index (χ0v) is 14.0. The van der Waals surface area contributed by atoms with Crippen LogP contribution in [0.25, 0.3) is 0 Å². The molecule has 2 aromatic rings. The molecule has 0 saturated carbocycles. The Kier molecular flexibility index (Phi) is 6.03. The second-order valence-electron chi connectivity index (χ2n) is 5.24. The first-order valence-corrected chi connectivity index (χ1v) is 7.84. The van der Waals surface area contributed by atoms with Gasteiger partial charge in [-0.05, 0) is 35.4 Å². The van der Waals surface area contributed by atoms with Crippen molar-refractivity contribution in [1.29, 1.82) is 0 Å². The van der Waals surface area contributed by atoms with E-state index in [4.69, 9.17) is 0 Å². The van der Waals surface area contributed by atoms with Crippen LogP contribution in [-0.4, -0.2) is 23.0 Å². The maximum absolute atomic E-state index is 13.1. The Labute approximate surface area is 145 Å². The smallest absolute Gasteiger partial charge is 0.326 e. The zero-order chi connectivity index (χ0) is 17.7. The fourth-order valence-corrected chi connectivity index (χ4v) is 2.46. The first kappa shape index (κ1) is 18.1. The van der Waals surface area contributed by atoms with E-state index in [1.807, 2.05) is 0 Å². The Bertz CT molecular complexity index is 730. The molecule has 0 fully saturated rings. The van der Waals surface area contributed by atoms with Crippen LogP contribution >= 0.6 is 15.9 Å². The van der Waals surface area contributed by atoms with Crippen LogP contribution in [-0.2, 0) is 22.4 Å². The van der Waals surface area contributed by atoms with Gasteiger partial charge in [0, 0.05) is 17.0 Å². The van der Waals surface area contributed by atoms with E-state index < -0.39 is 29.6 Å². The van der Waals surface area contributed by atoms with Gasteiger partial charge >= 0.3 is 5.97 Å². The summed E-state index contributed by atoms with van der Waals surface area (Å²) in [6, 6.07) is 8.67. The number of benzene rings is 2. The fourth-order valence-electron chi connectivity index (χ4n) is 2.20. The van der Waals surface area contributed by atoms with Gasteiger partial charge in [-0.1, -0.05) is 28.1 Å². The lowest BCUT2D eigenvalue weighted by Gasteiger charge is -2.15. The lowest BCUT2D eigenvalue weighted by Crippen LogP contribution is -2.43. The fraction of sp³-hybridized carbons (Fsp3) is 0.176. The van der Waals surface area contributed by atoms with E-state index in [0.29, 0.717) is 6.07 Å². The highest BCUT2D eigenvalue weighted by Gasteiger charge is 2.20. The molecule has 0 spiro atoms. The van der Waals surface area contributed by atoms with Gasteiger partial charge in [-0.25, -0.2) is 13.6 Å². The third-order valence-corrected chi connectivity index (χ3v) is 3.80. The predicted molar refractivity (Wildman–Crippen MR) is 87.5 cm³/mol. The van der Waals surface area contributed by atoms with Gasteiger partial charge in [-0.2, -0.15) is 0 Å². The number of carbonyl (C=O) groups excluding carboxylic acids is 1. The van der Waals surface area contributed by atoms with Crippen molar-refractivity contribution in [2.45, 2.75) is 18.9 Å². The normalized spacial score (nSPS) is 11.8. The van der Waals surface area contributed by atoms with Crippen molar-refractivity contribution in [3.8, 4) is 0 Å². The Morgan fingerprint density at radius 3 is 2.17 bits per heavy atom. The van der Waals surface area contributed by atoms with Crippen molar-refractivity contribution < 1.29 is 23.5 Å². The van der Waals surface area contributed by atoms with Crippen LogP contribution in [0.5, 0.6) is 0 Å². The third kappa shape index (κ3) is 5.42. The summed E-state index contributed by atoms with van der Waals surface area (Å²) in [6.07, 6.45) is -0.204. The van der Waals surface area contributed by atoms with E-state index in [0.717, 1.165) is 22.2 Å². The van der Waals surface area contributed by atoms with Crippen LogP contribution in [0, 0.1) is 11.6 Å². The number of aliphatic carboxylic acids is 1. The minimum Gasteiger partial charge on any atom is -0.480 e. The molecule has 0 heterocycles. The average Bonchev–Trinajstić information content (AvgIpc) is 2.47. The van der Waals surface area contributed by atoms with Gasteiger partial charge in [0.25, 0.3) is 0 Å². The molecule has 7 heteroatoms. The maximum atomic E-state index is 13.1. The number of carbonyl (C=O) groups is 2. The van der Waals surface area contributed by atoms with Crippen LogP contribution in [0.15, 0.2) is 46.9 Å². The van der Waals surface area contributed by atoms with Gasteiger partial charge in [0.05, 0.1) is 6.42 Å². The summed E-state index contributed by atoms with van der Waals surface area (Å²) in [5.41, 5.74) is 0.875. The van der Waals surface area contributed by atoms with Crippen LogP contribution in [0.1, 0.15) is 11.1 Å². The topological polar surface area (TPSA) is 66.4 Å². The highest BCUT2D eigenvalue weighted by atomic mass is 79.9. The first-order chi connectivity index (χ1) is 11.3. The highest BCUT2D eigenvalue weighted by Crippen LogP contribution is 2.13. The quantitative estimate of drug-likeness (QED) is 0.786. The molecule has 0 radical (unpaired) electrons. The summed E-state index contributed by atoms with van der Waals surface area (Å²) < 4.78 is 27.1. The Morgan fingerprint density at radius 1 is 1.04 bits per heavy atom. The largest absolute Gasteiger partial charge is 0.480 e. The van der Waals surface area contributed by atoms with Crippen molar-refractivity contribution in [3.05, 3.63) is 69.7 Å². The van der Waals surface area contributed by atoms with Crippen molar-refractivity contribution in [2.24, 2.45) is 0 Å². The number of hydrogen-bond acceptors (Lipinski definition) is 2. The summed E-state index contributed by atoms with van der Waals surface area (Å²) in [5, 5.41) is 11.6. The number of carboxylic acid groups (broad SMARTS) is 1. The molecular weight excluding hydrogens is 384 g/mol. The number of carboxylic acids is 1. The number of hydrogen-bond donors (Lipinski definition) is 2. The summed E-state index contributed by atoms with van der Waals surface area (Å²) in [5.74, 6) is -3.38. The molecule has 4 nitrogen and oxygen atoms in total. The van der Waals surface area contributed by atoms with E-state index in [-0.39, 0.29) is 18.4 Å². The molecule has 0 bridgehead atoms. The maximum Gasteiger partial charge on any atom is 0.326 e. The lowest BCUT2D eigenvalue weighted by molar-refractivity contribution is -0.141. The van der Waals surface area contributed by atoms with Gasteiger partial charge in [0.15, 0.2) is 0 Å². The molecule has 2 N–H and O–H groups in total. The Morgan fingerprint density at radius 2 is 1.62 bits per heavy atom. The molecular formula is C17H14BrF2NO3. The van der Waals surface area contributed by atoms with E-state index in [2.05, 4.69) is 21.2 Å². The SMILES string of the molecule is O=C(Cc1cc(F)cc(F)c1)N[C@@H](Cc1ccc(Br)cc1)C(=O)O. The second-order valence-corrected chi connectivity index (χ2v) is 6.16. The minimum absolute atomic E-state index is 0.103. The molecule has 0 unspecified atom stereocenters. The van der Waals surface area contributed by atoms with Crippen LogP contribution in [0.4, 0.5) is 8.78 Å². The zero-order valence-electron chi connectivity index (χ0n) is 12.4. The third-order valence-electron chi connectivity index (χ3n) is 3.27. The molecule has 0 aliphatic heterocycles. The Balaban J connectivity index is 2.02. The number of nitrogens with one attached hydrogen (secondary N) is 1. The summed E-state index contributed by atoms with van der Waals surface area (Å²) in [7, 11) is 0. The molecule has 2 aromatic carbocycles. The highest BCUT2D eigenvalue weighted by molar-refractivity contribution is 9.10. The van der Waals surface area contributed by atoms with Gasteiger partial charge in [0.1, 0.15) is 17.7 Å². The van der Waals surface area contributed by atoms with Crippen molar-refractivity contribution in [2.75, 3.05) is 0 Å². The molecule has 1 atom stereocenters. The first-order valence-electron chi connectivity index (χ1n) is 7.05. The minimum atomic E-state index is -1.18. The van der Waals surface area contributed by atoms with Crippen molar-refractivity contribution in [3.63, 3.8) is 0 Å². The Hall–Kier alpha value is -2.28. The summed E-state index contributed by atoms with van der Waals surface area (Å²) in [4.78, 5) is 23.3. The molecule has 2 rings (SSSR count).